The third kappa shape index (κ3) is 3.40. The predicted molar refractivity (Wildman–Crippen MR) is 87.1 cm³/mol. The molecule has 1 N–H and O–H groups in total. The lowest BCUT2D eigenvalue weighted by Gasteiger charge is -2.10. The van der Waals surface area contributed by atoms with Gasteiger partial charge in [-0.3, -0.25) is 14.5 Å². The summed E-state index contributed by atoms with van der Waals surface area (Å²) in [7, 11) is 3.06. The number of hydrogen-bond acceptors (Lipinski definition) is 6. The number of thiocarbonyl (C=S) groups is 1. The Hall–Kier alpha value is -2.06. The number of methoxy groups -OCH3 is 2. The molecule has 1 aliphatic rings. The number of carbonyl (C=O) groups excluding carboxylic acids is 1. The molecule has 0 radical (unpaired) electrons. The maximum absolute atomic E-state index is 12.2. The van der Waals surface area contributed by atoms with Crippen LogP contribution in [0, 0.1) is 0 Å². The van der Waals surface area contributed by atoms with E-state index in [1.165, 1.54) is 14.2 Å². The third-order valence-electron chi connectivity index (χ3n) is 2.89. The van der Waals surface area contributed by atoms with Gasteiger partial charge in [-0.15, -0.1) is 0 Å². The Balaban J connectivity index is 2.36. The fraction of sp³-hybridized carbons (Fsp3) is 0.214. The maximum Gasteiger partial charge on any atom is 0.323 e. The normalized spacial score (nSPS) is 16.3. The third-order valence-corrected chi connectivity index (χ3v) is 4.27. The average molecular weight is 339 g/mol. The molecule has 0 unspecified atom stereocenters. The van der Waals surface area contributed by atoms with Gasteiger partial charge in [-0.25, -0.2) is 0 Å². The summed E-state index contributed by atoms with van der Waals surface area (Å²) in [6.07, 6.45) is 1.61. The van der Waals surface area contributed by atoms with Gasteiger partial charge in [0.2, 0.25) is 0 Å². The number of amides is 1. The van der Waals surface area contributed by atoms with Gasteiger partial charge in [-0.05, 0) is 24.3 Å². The molecule has 6 nitrogen and oxygen atoms in total. The molecule has 1 aliphatic heterocycles. The molecule has 0 saturated carbocycles. The highest BCUT2D eigenvalue weighted by atomic mass is 32.2. The molecular weight excluding hydrogens is 326 g/mol. The van der Waals surface area contributed by atoms with Crippen molar-refractivity contribution in [1.82, 2.24) is 4.90 Å². The van der Waals surface area contributed by atoms with E-state index in [1.807, 2.05) is 0 Å². The summed E-state index contributed by atoms with van der Waals surface area (Å²) in [5, 5.41) is 8.82. The van der Waals surface area contributed by atoms with E-state index in [2.05, 4.69) is 0 Å². The minimum atomic E-state index is -1.11. The van der Waals surface area contributed by atoms with Gasteiger partial charge < -0.3 is 14.6 Å². The van der Waals surface area contributed by atoms with E-state index in [0.717, 1.165) is 16.7 Å². The maximum atomic E-state index is 12.2. The Bertz CT molecular complexity index is 671. The van der Waals surface area contributed by atoms with Crippen molar-refractivity contribution >= 4 is 46.3 Å². The van der Waals surface area contributed by atoms with Crippen LogP contribution in [0.1, 0.15) is 5.56 Å². The SMILES string of the molecule is COc1ccc(OC)c(/C=C2\SC(=S)N(CC(=O)O)C2=O)c1. The number of benzene rings is 1. The summed E-state index contributed by atoms with van der Waals surface area (Å²) >= 11 is 6.11. The Morgan fingerprint density at radius 1 is 1.41 bits per heavy atom. The number of rotatable bonds is 5. The average Bonchev–Trinajstić information content (AvgIpc) is 2.74. The summed E-state index contributed by atoms with van der Waals surface area (Å²) in [4.78, 5) is 24.4. The molecule has 0 aromatic heterocycles. The van der Waals surface area contributed by atoms with Crippen molar-refractivity contribution in [2.24, 2.45) is 0 Å². The number of thioether (sulfide) groups is 1. The first-order chi connectivity index (χ1) is 10.5. The number of aliphatic carboxylic acids is 1. The Morgan fingerprint density at radius 3 is 2.73 bits per heavy atom. The van der Waals surface area contributed by atoms with Crippen LogP contribution < -0.4 is 9.47 Å². The van der Waals surface area contributed by atoms with Gasteiger partial charge in [0.15, 0.2) is 0 Å². The van der Waals surface area contributed by atoms with Crippen LogP contribution in [-0.2, 0) is 9.59 Å². The summed E-state index contributed by atoms with van der Waals surface area (Å²) in [5.74, 6) is -0.351. The van der Waals surface area contributed by atoms with Crippen molar-refractivity contribution in [3.05, 3.63) is 28.7 Å². The smallest absolute Gasteiger partial charge is 0.323 e. The zero-order chi connectivity index (χ0) is 16.3. The number of carboxylic acids is 1. The molecule has 116 valence electrons. The van der Waals surface area contributed by atoms with E-state index in [4.69, 9.17) is 26.8 Å². The molecule has 22 heavy (non-hydrogen) atoms. The van der Waals surface area contributed by atoms with Crippen molar-refractivity contribution in [2.45, 2.75) is 0 Å². The summed E-state index contributed by atoms with van der Waals surface area (Å²) in [5.41, 5.74) is 0.651. The predicted octanol–water partition coefficient (Wildman–Crippen LogP) is 1.99. The van der Waals surface area contributed by atoms with Crippen LogP contribution in [0.4, 0.5) is 0 Å². The highest BCUT2D eigenvalue weighted by molar-refractivity contribution is 8.26. The first kappa shape index (κ1) is 16.3. The minimum absolute atomic E-state index is 0.223. The molecule has 1 saturated heterocycles. The van der Waals surface area contributed by atoms with Gasteiger partial charge >= 0.3 is 5.97 Å². The first-order valence-corrected chi connectivity index (χ1v) is 7.38. The number of carbonyl (C=O) groups is 2. The topological polar surface area (TPSA) is 76.1 Å². The molecule has 1 aromatic rings. The van der Waals surface area contributed by atoms with Crippen molar-refractivity contribution < 1.29 is 24.2 Å². The lowest BCUT2D eigenvalue weighted by atomic mass is 10.1. The number of nitrogens with zero attached hydrogens (tertiary/aromatic N) is 1. The molecule has 0 spiro atoms. The lowest BCUT2D eigenvalue weighted by molar-refractivity contribution is -0.140. The monoisotopic (exact) mass is 339 g/mol. The summed E-state index contributed by atoms with van der Waals surface area (Å²) < 4.78 is 10.6. The number of carboxylic acid groups (broad SMARTS) is 1. The fourth-order valence-electron chi connectivity index (χ4n) is 1.86. The van der Waals surface area contributed by atoms with Gasteiger partial charge in [-0.2, -0.15) is 0 Å². The zero-order valence-corrected chi connectivity index (χ0v) is 13.5. The highest BCUT2D eigenvalue weighted by Gasteiger charge is 2.33. The minimum Gasteiger partial charge on any atom is -0.497 e. The Kier molecular flexibility index (Phi) is 5.04. The van der Waals surface area contributed by atoms with Gasteiger partial charge in [-0.1, -0.05) is 24.0 Å². The van der Waals surface area contributed by atoms with Gasteiger partial charge in [0, 0.05) is 5.56 Å². The van der Waals surface area contributed by atoms with Crippen LogP contribution in [-0.4, -0.2) is 47.0 Å². The van der Waals surface area contributed by atoms with Gasteiger partial charge in [0.25, 0.3) is 5.91 Å². The van der Waals surface area contributed by atoms with E-state index in [9.17, 15) is 9.59 Å². The van der Waals surface area contributed by atoms with Crippen LogP contribution in [0.5, 0.6) is 11.5 Å². The second-order valence-electron chi connectivity index (χ2n) is 4.27. The molecule has 1 aromatic carbocycles. The molecule has 0 atom stereocenters. The molecule has 1 heterocycles. The van der Waals surface area contributed by atoms with E-state index in [-0.39, 0.29) is 4.32 Å². The van der Waals surface area contributed by atoms with Gasteiger partial charge in [0.05, 0.1) is 19.1 Å². The van der Waals surface area contributed by atoms with Gasteiger partial charge in [0.1, 0.15) is 22.4 Å². The molecular formula is C14H13NO5S2. The molecule has 8 heteroatoms. The van der Waals surface area contributed by atoms with E-state index in [1.54, 1.807) is 24.3 Å². The van der Waals surface area contributed by atoms with Crippen LogP contribution >= 0.6 is 24.0 Å². The van der Waals surface area contributed by atoms with E-state index in [0.29, 0.717) is 22.0 Å². The second-order valence-corrected chi connectivity index (χ2v) is 5.95. The van der Waals surface area contributed by atoms with Crippen LogP contribution in [0.2, 0.25) is 0 Å². The van der Waals surface area contributed by atoms with Crippen molar-refractivity contribution in [1.29, 1.82) is 0 Å². The Morgan fingerprint density at radius 2 is 2.14 bits per heavy atom. The van der Waals surface area contributed by atoms with Crippen molar-refractivity contribution in [3.8, 4) is 11.5 Å². The Labute approximate surface area is 136 Å². The summed E-state index contributed by atoms with van der Waals surface area (Å²) in [6.45, 7) is -0.447. The molecule has 0 bridgehead atoms. The quantitative estimate of drug-likeness (QED) is 0.649. The summed E-state index contributed by atoms with van der Waals surface area (Å²) in [6, 6.07) is 5.19. The molecule has 1 fully saturated rings. The number of hydrogen-bond donors (Lipinski definition) is 1. The lowest BCUT2D eigenvalue weighted by Crippen LogP contribution is -2.33. The highest BCUT2D eigenvalue weighted by Crippen LogP contribution is 2.35. The van der Waals surface area contributed by atoms with Crippen molar-refractivity contribution in [2.75, 3.05) is 20.8 Å². The van der Waals surface area contributed by atoms with E-state index >= 15 is 0 Å². The van der Waals surface area contributed by atoms with E-state index < -0.39 is 18.4 Å². The number of ether oxygens (including phenoxy) is 2. The standard InChI is InChI=1S/C14H13NO5S2/c1-19-9-3-4-10(20-2)8(5-9)6-11-13(18)15(7-12(16)17)14(21)22-11/h3-6H,7H2,1-2H3,(H,16,17)/b11-6-. The van der Waals surface area contributed by atoms with Crippen LogP contribution in [0.3, 0.4) is 0 Å². The van der Waals surface area contributed by atoms with Crippen LogP contribution in [0.15, 0.2) is 23.1 Å². The fourth-order valence-corrected chi connectivity index (χ4v) is 3.11. The second kappa shape index (κ2) is 6.80. The van der Waals surface area contributed by atoms with Crippen LogP contribution in [0.25, 0.3) is 6.08 Å². The zero-order valence-electron chi connectivity index (χ0n) is 11.9. The first-order valence-electron chi connectivity index (χ1n) is 6.15. The molecule has 2 rings (SSSR count). The molecule has 0 aliphatic carbocycles. The largest absolute Gasteiger partial charge is 0.497 e. The molecule has 1 amide bonds. The van der Waals surface area contributed by atoms with Crippen molar-refractivity contribution in [3.63, 3.8) is 0 Å².